The van der Waals surface area contributed by atoms with Crippen LogP contribution in [-0.4, -0.2) is 40.5 Å². The van der Waals surface area contributed by atoms with Crippen LogP contribution in [-0.2, 0) is 0 Å². The fourth-order valence-electron chi connectivity index (χ4n) is 0. The normalized spacial score (nSPS) is 5.67. The van der Waals surface area contributed by atoms with Gasteiger partial charge in [0.05, 0.1) is 5.71 Å². The summed E-state index contributed by atoms with van der Waals surface area (Å²) in [7, 11) is 0. The van der Waals surface area contributed by atoms with Crippen LogP contribution in [0.25, 0.3) is 0 Å². The van der Waals surface area contributed by atoms with Crippen molar-refractivity contribution in [1.29, 1.82) is 0 Å². The maximum absolute atomic E-state index is 7.73. The Morgan fingerprint density at radius 2 is 1.67 bits per heavy atom. The van der Waals surface area contributed by atoms with Gasteiger partial charge in [-0.25, -0.2) is 0 Å². The quantitative estimate of drug-likeness (QED) is 0.199. The van der Waals surface area contributed by atoms with Gasteiger partial charge in [-0.15, -0.1) is 0 Å². The summed E-state index contributed by atoms with van der Waals surface area (Å²) in [6, 6.07) is 0. The van der Waals surface area contributed by atoms with Gasteiger partial charge in [0.15, 0.2) is 0 Å². The molecule has 1 N–H and O–H groups in total. The Labute approximate surface area is 59.5 Å². The summed E-state index contributed by atoms with van der Waals surface area (Å²) in [6.07, 6.45) is 0. The summed E-state index contributed by atoms with van der Waals surface area (Å²) in [5, 5.41) is 10.5. The summed E-state index contributed by atoms with van der Waals surface area (Å²) in [6.45, 7) is 3.44. The molecule has 0 aliphatic rings. The van der Waals surface area contributed by atoms with Gasteiger partial charge in [0, 0.05) is 0 Å². The fraction of sp³-hybridized carbons (Fsp3) is 0.667. The molecule has 0 saturated heterocycles. The number of oxime groups is 1. The molecule has 0 bridgehead atoms. The average Bonchev–Trinajstić information content (AvgIpc) is 1.38. The first kappa shape index (κ1) is 9.69. The summed E-state index contributed by atoms with van der Waals surface area (Å²) in [4.78, 5) is 0. The Morgan fingerprint density at radius 1 is 1.50 bits per heavy atom. The topological polar surface area (TPSA) is 32.6 Å². The van der Waals surface area contributed by atoms with Gasteiger partial charge >= 0.3 is 29.6 Å². The van der Waals surface area contributed by atoms with Crippen molar-refractivity contribution >= 4 is 35.3 Å². The van der Waals surface area contributed by atoms with Crippen molar-refractivity contribution in [3.05, 3.63) is 0 Å². The van der Waals surface area contributed by atoms with E-state index in [-0.39, 0.29) is 29.6 Å². The molecule has 0 rings (SSSR count). The van der Waals surface area contributed by atoms with Crippen molar-refractivity contribution in [3.63, 3.8) is 0 Å². The predicted octanol–water partition coefficient (Wildman–Crippen LogP) is 0.208. The molecule has 0 spiro atoms. The van der Waals surface area contributed by atoms with Crippen LogP contribution in [0.15, 0.2) is 5.16 Å². The molecule has 3 heteroatoms. The van der Waals surface area contributed by atoms with Gasteiger partial charge in [0.2, 0.25) is 0 Å². The monoisotopic (exact) mass is 97.1 g/mol. The molecule has 0 unspecified atom stereocenters. The number of hydrogen-bond donors (Lipinski definition) is 1. The zero-order valence-corrected chi connectivity index (χ0v) is 3.39. The van der Waals surface area contributed by atoms with E-state index >= 15 is 0 Å². The molecule has 0 saturated carbocycles. The van der Waals surface area contributed by atoms with Crippen LogP contribution < -0.4 is 0 Å². The summed E-state index contributed by atoms with van der Waals surface area (Å²) in [5.74, 6) is 0. The second kappa shape index (κ2) is 5.47. The molecular weight excluding hydrogens is 89.0 g/mol. The number of rotatable bonds is 0. The van der Waals surface area contributed by atoms with Crippen molar-refractivity contribution in [2.24, 2.45) is 5.16 Å². The number of hydrogen-bond acceptors (Lipinski definition) is 2. The van der Waals surface area contributed by atoms with E-state index in [1.807, 2.05) is 0 Å². The Hall–Kier alpha value is 0.470. The van der Waals surface area contributed by atoms with Gasteiger partial charge < -0.3 is 5.21 Å². The van der Waals surface area contributed by atoms with Crippen LogP contribution in [0.1, 0.15) is 13.8 Å². The van der Waals surface area contributed by atoms with Crippen LogP contribution in [0.5, 0.6) is 0 Å². The van der Waals surface area contributed by atoms with Crippen molar-refractivity contribution < 1.29 is 5.21 Å². The van der Waals surface area contributed by atoms with E-state index in [1.165, 1.54) is 0 Å². The molecule has 32 valence electrons. The van der Waals surface area contributed by atoms with E-state index in [1.54, 1.807) is 13.8 Å². The first-order valence-corrected chi connectivity index (χ1v) is 1.42. The van der Waals surface area contributed by atoms with E-state index in [4.69, 9.17) is 5.21 Å². The first-order valence-electron chi connectivity index (χ1n) is 1.42. The molecule has 0 radical (unpaired) electrons. The van der Waals surface area contributed by atoms with Gasteiger partial charge in [-0.05, 0) is 13.8 Å². The first-order chi connectivity index (χ1) is 2.27. The molecule has 0 atom stereocenters. The Balaban J connectivity index is 0. The van der Waals surface area contributed by atoms with Gasteiger partial charge in [0.1, 0.15) is 0 Å². The Kier molecular flexibility index (Phi) is 8.83. The molecule has 0 aliphatic carbocycles. The average molecular weight is 97.1 g/mol. The van der Waals surface area contributed by atoms with Crippen molar-refractivity contribution in [3.8, 4) is 0 Å². The second-order valence-electron chi connectivity index (χ2n) is 1.05. The summed E-state index contributed by atoms with van der Waals surface area (Å²) >= 11 is 0. The zero-order valence-electron chi connectivity index (χ0n) is 3.39. The van der Waals surface area contributed by atoms with E-state index in [0.29, 0.717) is 5.71 Å². The molecule has 0 amide bonds. The summed E-state index contributed by atoms with van der Waals surface area (Å²) < 4.78 is 0. The summed E-state index contributed by atoms with van der Waals surface area (Å²) in [5.41, 5.74) is 0.685. The van der Waals surface area contributed by atoms with Crippen molar-refractivity contribution in [2.45, 2.75) is 13.8 Å². The predicted molar refractivity (Wildman–Crippen MR) is 27.7 cm³/mol. The van der Waals surface area contributed by atoms with Crippen molar-refractivity contribution in [2.75, 3.05) is 0 Å². The van der Waals surface area contributed by atoms with E-state index in [0.717, 1.165) is 0 Å². The minimum atomic E-state index is 0. The van der Waals surface area contributed by atoms with Crippen LogP contribution in [0.3, 0.4) is 0 Å². The SMILES string of the molecule is CC(C)=NO.[NaH]. The third kappa shape index (κ3) is 8.82. The molecule has 6 heavy (non-hydrogen) atoms. The maximum atomic E-state index is 7.73. The second-order valence-corrected chi connectivity index (χ2v) is 1.05. The molecule has 0 aromatic carbocycles. The van der Waals surface area contributed by atoms with Gasteiger partial charge in [0.25, 0.3) is 0 Å². The minimum absolute atomic E-state index is 0. The van der Waals surface area contributed by atoms with Crippen LogP contribution in [0.2, 0.25) is 0 Å². The van der Waals surface area contributed by atoms with Gasteiger partial charge in [-0.3, -0.25) is 0 Å². The van der Waals surface area contributed by atoms with E-state index in [9.17, 15) is 0 Å². The molecule has 0 fully saturated rings. The van der Waals surface area contributed by atoms with E-state index in [2.05, 4.69) is 5.16 Å². The van der Waals surface area contributed by atoms with Gasteiger partial charge in [-0.2, -0.15) is 0 Å². The molecule has 0 aromatic heterocycles. The van der Waals surface area contributed by atoms with E-state index < -0.39 is 0 Å². The number of nitrogens with zero attached hydrogens (tertiary/aromatic N) is 1. The molecule has 2 nitrogen and oxygen atoms in total. The van der Waals surface area contributed by atoms with Crippen molar-refractivity contribution in [1.82, 2.24) is 0 Å². The fourth-order valence-corrected chi connectivity index (χ4v) is 0. The zero-order chi connectivity index (χ0) is 4.28. The van der Waals surface area contributed by atoms with Crippen LogP contribution >= 0.6 is 0 Å². The standard InChI is InChI=1S/C3H7NO.Na.H/c1-3(2)4-5;;/h5H,1-2H3;;. The third-order valence-electron chi connectivity index (χ3n) is 0.200. The molecule has 0 heterocycles. The Morgan fingerprint density at radius 3 is 1.67 bits per heavy atom. The van der Waals surface area contributed by atoms with Crippen LogP contribution in [0, 0.1) is 0 Å². The molecule has 0 aliphatic heterocycles. The van der Waals surface area contributed by atoms with Crippen LogP contribution in [0.4, 0.5) is 0 Å². The third-order valence-corrected chi connectivity index (χ3v) is 0.200. The Bertz CT molecular complexity index is 48.8. The molecular formula is C3H8NNaO. The van der Waals surface area contributed by atoms with Gasteiger partial charge in [-0.1, -0.05) is 5.16 Å². The molecule has 0 aromatic rings.